The Kier molecular flexibility index (Phi) is 6.66. The molecule has 2 aromatic rings. The molecule has 0 radical (unpaired) electrons. The van der Waals surface area contributed by atoms with Gasteiger partial charge in [-0.2, -0.15) is 0 Å². The number of rotatable bonds is 4. The number of hydrogen-bond donors (Lipinski definition) is 2. The number of urea groups is 1. The maximum absolute atomic E-state index is 14.1. The first kappa shape index (κ1) is 21.3. The second-order valence-corrected chi connectivity index (χ2v) is 6.72. The van der Waals surface area contributed by atoms with Crippen molar-refractivity contribution < 1.29 is 18.3 Å². The predicted octanol–water partition coefficient (Wildman–Crippen LogP) is 3.83. The average molecular weight is 414 g/mol. The van der Waals surface area contributed by atoms with Gasteiger partial charge in [-0.1, -0.05) is 24.3 Å². The van der Waals surface area contributed by atoms with Gasteiger partial charge in [0.25, 0.3) is 6.43 Å². The van der Waals surface area contributed by atoms with Crippen LogP contribution in [0.4, 0.5) is 13.6 Å². The van der Waals surface area contributed by atoms with E-state index in [1.54, 1.807) is 55.4 Å². The first-order chi connectivity index (χ1) is 14.5. The zero-order valence-electron chi connectivity index (χ0n) is 16.9. The van der Waals surface area contributed by atoms with Gasteiger partial charge in [0.2, 0.25) is 0 Å². The average Bonchev–Trinajstić information content (AvgIpc) is 2.98. The van der Waals surface area contributed by atoms with Crippen LogP contribution in [0, 0.1) is 0 Å². The van der Waals surface area contributed by atoms with Crippen LogP contribution in [0.2, 0.25) is 0 Å². The molecule has 6 nitrogen and oxygen atoms in total. The van der Waals surface area contributed by atoms with E-state index in [0.29, 0.717) is 47.7 Å². The number of carbonyl (C=O) groups excluding carboxylic acids is 1. The molecular weight excluding hydrogens is 390 g/mol. The van der Waals surface area contributed by atoms with Gasteiger partial charge in [-0.05, 0) is 28.8 Å². The third-order valence-electron chi connectivity index (χ3n) is 4.94. The van der Waals surface area contributed by atoms with Gasteiger partial charge >= 0.3 is 6.03 Å². The van der Waals surface area contributed by atoms with Gasteiger partial charge in [0.15, 0.2) is 0 Å². The molecule has 158 valence electrons. The molecule has 2 amide bonds. The zero-order valence-corrected chi connectivity index (χ0v) is 16.9. The maximum Gasteiger partial charge on any atom is 0.317 e. The van der Waals surface area contributed by atoms with Crippen LogP contribution in [0.5, 0.6) is 5.75 Å². The lowest BCUT2D eigenvalue weighted by Crippen LogP contribution is -2.38. The number of halogens is 2. The van der Waals surface area contributed by atoms with Crippen molar-refractivity contribution in [3.8, 4) is 16.9 Å². The molecule has 8 heteroatoms. The molecule has 3 N–H and O–H groups in total. The Morgan fingerprint density at radius 2 is 2.13 bits per heavy atom. The molecule has 0 aromatic heterocycles. The number of amides is 2. The molecule has 2 aromatic carbocycles. The first-order valence-electron chi connectivity index (χ1n) is 9.48. The summed E-state index contributed by atoms with van der Waals surface area (Å²) < 4.78 is 34.0. The topological polar surface area (TPSA) is 80.0 Å². The van der Waals surface area contributed by atoms with Crippen LogP contribution >= 0.6 is 0 Å². The number of fused-ring (bicyclic) bond motifs is 1. The number of ether oxygens (including phenoxy) is 1. The summed E-state index contributed by atoms with van der Waals surface area (Å²) in [5.74, 6) is 0.639. The van der Waals surface area contributed by atoms with Gasteiger partial charge in [0, 0.05) is 43.2 Å². The molecule has 30 heavy (non-hydrogen) atoms. The summed E-state index contributed by atoms with van der Waals surface area (Å²) in [5, 5.41) is 2.60. The highest BCUT2D eigenvalue weighted by molar-refractivity contribution is 6.10. The molecule has 0 spiro atoms. The Morgan fingerprint density at radius 3 is 2.80 bits per heavy atom. The van der Waals surface area contributed by atoms with Crippen molar-refractivity contribution in [2.24, 2.45) is 10.7 Å². The quantitative estimate of drug-likeness (QED) is 0.747. The minimum atomic E-state index is -2.71. The molecular formula is C22H24F2N4O2. The summed E-state index contributed by atoms with van der Waals surface area (Å²) in [5.41, 5.74) is 8.04. The minimum Gasteiger partial charge on any atom is -0.491 e. The van der Waals surface area contributed by atoms with E-state index in [4.69, 9.17) is 10.5 Å². The van der Waals surface area contributed by atoms with Crippen LogP contribution in [-0.2, 0) is 6.54 Å². The Labute approximate surface area is 174 Å². The zero-order chi connectivity index (χ0) is 21.7. The van der Waals surface area contributed by atoms with Gasteiger partial charge in [-0.3, -0.25) is 4.99 Å². The van der Waals surface area contributed by atoms with E-state index >= 15 is 0 Å². The standard InChI is InChI=1S/C22H24F2N4O2/c1-26-12-16(11-25)18-5-3-4-17(20(18)21(23)24)14-6-7-19-15(10-14)13-28(8-9-30-19)22(29)27-2/h3-7,10-12,21H,8-9,13,25H2,1-2H3,(H,27,29). The third kappa shape index (κ3) is 4.27. The van der Waals surface area contributed by atoms with Crippen molar-refractivity contribution in [3.63, 3.8) is 0 Å². The second kappa shape index (κ2) is 9.39. The van der Waals surface area contributed by atoms with Crippen LogP contribution in [0.3, 0.4) is 0 Å². The fourth-order valence-corrected chi connectivity index (χ4v) is 3.54. The van der Waals surface area contributed by atoms with E-state index < -0.39 is 6.43 Å². The lowest BCUT2D eigenvalue weighted by atomic mass is 9.91. The van der Waals surface area contributed by atoms with E-state index in [1.165, 1.54) is 12.4 Å². The molecule has 0 bridgehead atoms. The van der Waals surface area contributed by atoms with E-state index in [9.17, 15) is 13.6 Å². The highest BCUT2D eigenvalue weighted by atomic mass is 19.3. The summed E-state index contributed by atoms with van der Waals surface area (Å²) in [7, 11) is 3.12. The Bertz CT molecular complexity index is 989. The molecule has 3 rings (SSSR count). The molecule has 0 aliphatic carbocycles. The van der Waals surface area contributed by atoms with Crippen molar-refractivity contribution in [3.05, 3.63) is 59.3 Å². The van der Waals surface area contributed by atoms with Gasteiger partial charge in [-0.25, -0.2) is 13.6 Å². The second-order valence-electron chi connectivity index (χ2n) is 6.72. The number of benzene rings is 2. The van der Waals surface area contributed by atoms with Crippen LogP contribution < -0.4 is 15.8 Å². The van der Waals surface area contributed by atoms with Crippen molar-refractivity contribution in [1.29, 1.82) is 0 Å². The minimum absolute atomic E-state index is 0.119. The maximum atomic E-state index is 14.1. The highest BCUT2D eigenvalue weighted by Gasteiger charge is 2.23. The molecule has 1 aliphatic rings. The summed E-state index contributed by atoms with van der Waals surface area (Å²) in [6, 6.07) is 10.0. The Balaban J connectivity index is 2.11. The molecule has 0 saturated carbocycles. The lowest BCUT2D eigenvalue weighted by molar-refractivity contribution is 0.152. The molecule has 0 fully saturated rings. The Hall–Kier alpha value is -3.42. The van der Waals surface area contributed by atoms with Crippen molar-refractivity contribution in [2.45, 2.75) is 13.0 Å². The molecule has 1 heterocycles. The Morgan fingerprint density at radius 1 is 1.33 bits per heavy atom. The predicted molar refractivity (Wildman–Crippen MR) is 114 cm³/mol. The van der Waals surface area contributed by atoms with Gasteiger partial charge in [0.1, 0.15) is 12.4 Å². The lowest BCUT2D eigenvalue weighted by Gasteiger charge is -2.19. The summed E-state index contributed by atoms with van der Waals surface area (Å²) in [6.07, 6.45) is 0.00936. The molecule has 1 aliphatic heterocycles. The number of nitrogens with two attached hydrogens (primary N) is 1. The van der Waals surface area contributed by atoms with Gasteiger partial charge < -0.3 is 20.7 Å². The molecule has 0 unspecified atom stereocenters. The van der Waals surface area contributed by atoms with E-state index in [2.05, 4.69) is 10.3 Å². The van der Waals surface area contributed by atoms with Gasteiger partial charge in [-0.15, -0.1) is 0 Å². The van der Waals surface area contributed by atoms with Crippen LogP contribution in [0.1, 0.15) is 23.1 Å². The molecule has 0 atom stereocenters. The van der Waals surface area contributed by atoms with Crippen LogP contribution in [0.15, 0.2) is 47.6 Å². The SMILES string of the molecule is CN=CC(=CN)c1cccc(-c2ccc3c(c2)CN(C(=O)NC)CCO3)c1C(F)F. The number of alkyl halides is 2. The number of nitrogens with one attached hydrogen (secondary N) is 1. The van der Waals surface area contributed by atoms with Crippen molar-refractivity contribution in [1.82, 2.24) is 10.2 Å². The highest BCUT2D eigenvalue weighted by Crippen LogP contribution is 2.38. The van der Waals surface area contributed by atoms with E-state index in [1.807, 2.05) is 0 Å². The van der Waals surface area contributed by atoms with Gasteiger partial charge in [0.05, 0.1) is 13.1 Å². The third-order valence-corrected chi connectivity index (χ3v) is 4.94. The van der Waals surface area contributed by atoms with E-state index in [-0.39, 0.29) is 11.6 Å². The first-order valence-corrected chi connectivity index (χ1v) is 9.48. The number of hydrogen-bond acceptors (Lipinski definition) is 4. The number of nitrogens with zero attached hydrogens (tertiary/aromatic N) is 2. The number of carbonyl (C=O) groups is 1. The monoisotopic (exact) mass is 414 g/mol. The van der Waals surface area contributed by atoms with E-state index in [0.717, 1.165) is 5.56 Å². The number of aliphatic imine (C=N–C) groups is 1. The molecule has 0 saturated heterocycles. The smallest absolute Gasteiger partial charge is 0.317 e. The van der Waals surface area contributed by atoms with Crippen LogP contribution in [-0.4, -0.2) is 44.4 Å². The fraction of sp³-hybridized carbons (Fsp3) is 0.273. The summed E-state index contributed by atoms with van der Waals surface area (Å²) >= 11 is 0. The van der Waals surface area contributed by atoms with Crippen LogP contribution in [0.25, 0.3) is 16.7 Å². The summed E-state index contributed by atoms with van der Waals surface area (Å²) in [6.45, 7) is 1.12. The largest absolute Gasteiger partial charge is 0.491 e. The summed E-state index contributed by atoms with van der Waals surface area (Å²) in [4.78, 5) is 17.6. The normalized spacial score (nSPS) is 14.4. The van der Waals surface area contributed by atoms with Crippen molar-refractivity contribution in [2.75, 3.05) is 27.2 Å². The fourth-order valence-electron chi connectivity index (χ4n) is 3.54. The number of allylic oxidation sites excluding steroid dienone is 1. The van der Waals surface area contributed by atoms with Crippen molar-refractivity contribution >= 4 is 17.8 Å².